The van der Waals surface area contributed by atoms with Crippen molar-refractivity contribution >= 4 is 18.3 Å². The van der Waals surface area contributed by atoms with Crippen molar-refractivity contribution in [2.24, 2.45) is 10.7 Å². The van der Waals surface area contributed by atoms with Crippen LogP contribution in [0.15, 0.2) is 34.8 Å². The molecule has 0 fully saturated rings. The molecule has 0 aliphatic rings. The van der Waals surface area contributed by atoms with Gasteiger partial charge in [0, 0.05) is 6.21 Å². The van der Waals surface area contributed by atoms with E-state index < -0.39 is 23.8 Å². The van der Waals surface area contributed by atoms with Gasteiger partial charge in [-0.2, -0.15) is 13.2 Å². The van der Waals surface area contributed by atoms with E-state index in [1.54, 1.807) is 13.0 Å². The highest BCUT2D eigenvalue weighted by atomic mass is 19.4. The SMILES string of the molecule is C/C(C=NC(CCCN)C(=O)O)=C\c1ccc(C(F)(F)F)cc1. The minimum Gasteiger partial charge on any atom is -0.480 e. The number of hydrogen-bond donors (Lipinski definition) is 2. The summed E-state index contributed by atoms with van der Waals surface area (Å²) in [5, 5.41) is 9.03. The van der Waals surface area contributed by atoms with Crippen molar-refractivity contribution in [3.05, 3.63) is 41.0 Å². The van der Waals surface area contributed by atoms with Crippen molar-refractivity contribution in [3.63, 3.8) is 0 Å². The van der Waals surface area contributed by atoms with E-state index in [2.05, 4.69) is 4.99 Å². The zero-order chi connectivity index (χ0) is 17.5. The Kier molecular flexibility index (Phi) is 6.96. The average Bonchev–Trinajstić information content (AvgIpc) is 2.46. The van der Waals surface area contributed by atoms with Gasteiger partial charge in [0.05, 0.1) is 5.56 Å². The molecule has 0 aliphatic heterocycles. The lowest BCUT2D eigenvalue weighted by atomic mass is 10.1. The van der Waals surface area contributed by atoms with Crippen LogP contribution in [0.25, 0.3) is 6.08 Å². The van der Waals surface area contributed by atoms with Crippen molar-refractivity contribution < 1.29 is 23.1 Å². The van der Waals surface area contributed by atoms with Gasteiger partial charge in [-0.3, -0.25) is 4.99 Å². The van der Waals surface area contributed by atoms with E-state index in [0.29, 0.717) is 30.5 Å². The van der Waals surface area contributed by atoms with E-state index in [0.717, 1.165) is 12.1 Å². The van der Waals surface area contributed by atoms with Gasteiger partial charge in [-0.05, 0) is 49.6 Å². The van der Waals surface area contributed by atoms with Crippen LogP contribution >= 0.6 is 0 Å². The molecule has 0 aliphatic carbocycles. The first-order chi connectivity index (χ1) is 10.7. The maximum absolute atomic E-state index is 12.5. The number of hydrogen-bond acceptors (Lipinski definition) is 3. The Morgan fingerprint density at radius 1 is 1.35 bits per heavy atom. The summed E-state index contributed by atoms with van der Waals surface area (Å²) in [4.78, 5) is 15.0. The van der Waals surface area contributed by atoms with Crippen molar-refractivity contribution in [3.8, 4) is 0 Å². The highest BCUT2D eigenvalue weighted by molar-refractivity contribution is 5.87. The van der Waals surface area contributed by atoms with Gasteiger partial charge in [0.2, 0.25) is 0 Å². The van der Waals surface area contributed by atoms with Crippen molar-refractivity contribution in [1.82, 2.24) is 0 Å². The maximum Gasteiger partial charge on any atom is 0.416 e. The third-order valence-electron chi connectivity index (χ3n) is 3.06. The number of carboxylic acids is 1. The molecule has 1 unspecified atom stereocenters. The molecule has 126 valence electrons. The van der Waals surface area contributed by atoms with Crippen LogP contribution in [-0.4, -0.2) is 29.9 Å². The lowest BCUT2D eigenvalue weighted by molar-refractivity contribution is -0.139. The van der Waals surface area contributed by atoms with Crippen LogP contribution in [-0.2, 0) is 11.0 Å². The number of rotatable bonds is 7. The molecular weight excluding hydrogens is 309 g/mol. The van der Waals surface area contributed by atoms with Gasteiger partial charge >= 0.3 is 12.1 Å². The number of aliphatic imine (C=N–C) groups is 1. The molecule has 4 nitrogen and oxygen atoms in total. The molecule has 0 saturated carbocycles. The number of nitrogens with two attached hydrogens (primary N) is 1. The summed E-state index contributed by atoms with van der Waals surface area (Å²) in [5.41, 5.74) is 5.85. The summed E-state index contributed by atoms with van der Waals surface area (Å²) in [7, 11) is 0. The van der Waals surface area contributed by atoms with Gasteiger partial charge in [0.1, 0.15) is 6.04 Å². The summed E-state index contributed by atoms with van der Waals surface area (Å²) in [6.45, 7) is 2.09. The summed E-state index contributed by atoms with van der Waals surface area (Å²) in [6.07, 6.45) is -0.430. The van der Waals surface area contributed by atoms with Gasteiger partial charge < -0.3 is 10.8 Å². The van der Waals surface area contributed by atoms with Crippen molar-refractivity contribution in [2.75, 3.05) is 6.54 Å². The topological polar surface area (TPSA) is 75.7 Å². The molecule has 0 amide bonds. The highest BCUT2D eigenvalue weighted by Gasteiger charge is 2.29. The monoisotopic (exact) mass is 328 g/mol. The quantitative estimate of drug-likeness (QED) is 0.754. The van der Waals surface area contributed by atoms with E-state index in [9.17, 15) is 18.0 Å². The predicted octanol–water partition coefficient (Wildman–Crippen LogP) is 3.37. The number of allylic oxidation sites excluding steroid dienone is 1. The largest absolute Gasteiger partial charge is 0.480 e. The number of carboxylic acid groups (broad SMARTS) is 1. The van der Waals surface area contributed by atoms with Crippen LogP contribution in [0, 0.1) is 0 Å². The first-order valence-electron chi connectivity index (χ1n) is 7.05. The molecule has 0 saturated heterocycles. The first-order valence-corrected chi connectivity index (χ1v) is 7.05. The summed E-state index contributed by atoms with van der Waals surface area (Å²) in [6, 6.07) is 3.83. The van der Waals surface area contributed by atoms with Crippen LogP contribution in [0.1, 0.15) is 30.9 Å². The zero-order valence-corrected chi connectivity index (χ0v) is 12.7. The Bertz CT molecular complexity index is 578. The smallest absolute Gasteiger partial charge is 0.416 e. The summed E-state index contributed by atoms with van der Waals surface area (Å²) < 4.78 is 37.4. The van der Waals surface area contributed by atoms with Crippen molar-refractivity contribution in [2.45, 2.75) is 32.0 Å². The third-order valence-corrected chi connectivity index (χ3v) is 3.06. The second-order valence-electron chi connectivity index (χ2n) is 5.07. The average molecular weight is 328 g/mol. The van der Waals surface area contributed by atoms with E-state index in [-0.39, 0.29) is 0 Å². The number of alkyl halides is 3. The molecule has 0 aromatic heterocycles. The maximum atomic E-state index is 12.5. The fourth-order valence-electron chi connectivity index (χ4n) is 1.85. The molecule has 0 radical (unpaired) electrons. The zero-order valence-electron chi connectivity index (χ0n) is 12.7. The van der Waals surface area contributed by atoms with Gasteiger partial charge in [0.25, 0.3) is 0 Å². The molecule has 1 rings (SSSR count). The Labute approximate surface area is 132 Å². The van der Waals surface area contributed by atoms with Gasteiger partial charge in [0.15, 0.2) is 0 Å². The normalized spacial score (nSPS) is 14.2. The summed E-state index contributed by atoms with van der Waals surface area (Å²) in [5.74, 6) is -1.03. The molecule has 0 bridgehead atoms. The van der Waals surface area contributed by atoms with Gasteiger partial charge in [-0.1, -0.05) is 18.2 Å². The Hall–Kier alpha value is -2.15. The molecule has 0 spiro atoms. The number of carbonyl (C=O) groups is 1. The number of halogens is 3. The number of aliphatic carboxylic acids is 1. The van der Waals surface area contributed by atoms with Gasteiger partial charge in [-0.15, -0.1) is 0 Å². The lowest BCUT2D eigenvalue weighted by Gasteiger charge is -2.07. The van der Waals surface area contributed by atoms with Crippen molar-refractivity contribution in [1.29, 1.82) is 0 Å². The molecule has 0 heterocycles. The fourth-order valence-corrected chi connectivity index (χ4v) is 1.85. The van der Waals surface area contributed by atoms with Crippen LogP contribution in [0.2, 0.25) is 0 Å². The Morgan fingerprint density at radius 3 is 2.43 bits per heavy atom. The number of nitrogens with zero attached hydrogens (tertiary/aromatic N) is 1. The molecule has 3 N–H and O–H groups in total. The van der Waals surface area contributed by atoms with Crippen LogP contribution in [0.5, 0.6) is 0 Å². The molecule has 7 heteroatoms. The highest BCUT2D eigenvalue weighted by Crippen LogP contribution is 2.29. The second-order valence-corrected chi connectivity index (χ2v) is 5.07. The van der Waals surface area contributed by atoms with E-state index in [4.69, 9.17) is 10.8 Å². The fraction of sp³-hybridized carbons (Fsp3) is 0.375. The molecule has 23 heavy (non-hydrogen) atoms. The number of benzene rings is 1. The minimum absolute atomic E-state index is 0.343. The first kappa shape index (κ1) is 18.9. The summed E-state index contributed by atoms with van der Waals surface area (Å²) >= 11 is 0. The predicted molar refractivity (Wildman–Crippen MR) is 83.3 cm³/mol. The van der Waals surface area contributed by atoms with Crippen LogP contribution in [0.3, 0.4) is 0 Å². The molecule has 1 aromatic rings. The van der Waals surface area contributed by atoms with E-state index in [1.165, 1.54) is 18.3 Å². The lowest BCUT2D eigenvalue weighted by Crippen LogP contribution is -2.19. The molecule has 1 aromatic carbocycles. The van der Waals surface area contributed by atoms with E-state index in [1.807, 2.05) is 0 Å². The second kappa shape index (κ2) is 8.47. The van der Waals surface area contributed by atoms with Gasteiger partial charge in [-0.25, -0.2) is 4.79 Å². The van der Waals surface area contributed by atoms with Crippen LogP contribution in [0.4, 0.5) is 13.2 Å². The van der Waals surface area contributed by atoms with Crippen LogP contribution < -0.4 is 5.73 Å². The Balaban J connectivity index is 2.79. The molecular formula is C16H19F3N2O2. The van der Waals surface area contributed by atoms with E-state index >= 15 is 0 Å². The third kappa shape index (κ3) is 6.65. The molecule has 1 atom stereocenters. The Morgan fingerprint density at radius 2 is 1.96 bits per heavy atom. The minimum atomic E-state index is -4.36. The standard InChI is InChI=1S/C16H19F3N2O2/c1-11(10-21-14(15(22)23)3-2-8-20)9-12-4-6-13(7-5-12)16(17,18)19/h4-7,9-10,14H,2-3,8,20H2,1H3,(H,22,23)/b11-9+,21-10?.